The number of nitrogens with two attached hydrogens (primary N) is 1. The normalized spacial score (nSPS) is 10.5. The Bertz CT molecular complexity index is 540. The van der Waals surface area contributed by atoms with E-state index in [0.717, 1.165) is 6.42 Å². The lowest BCUT2D eigenvalue weighted by Crippen LogP contribution is -2.06. The maximum atomic E-state index is 12.1. The summed E-state index contributed by atoms with van der Waals surface area (Å²) in [6.07, 6.45) is 2.47. The first-order chi connectivity index (χ1) is 8.13. The average Bonchev–Trinajstić information content (AvgIpc) is 2.69. The number of aryl methyl sites for hydroxylation is 2. The maximum absolute atomic E-state index is 12.1. The van der Waals surface area contributed by atoms with Gasteiger partial charge in [0.05, 0.1) is 11.8 Å². The molecule has 0 aliphatic heterocycles. The summed E-state index contributed by atoms with van der Waals surface area (Å²) in [5.41, 5.74) is 8.08. The Morgan fingerprint density at radius 2 is 2.00 bits per heavy atom. The standard InChI is InChI=1S/C13H15N3O/c1-3-9-4-6-10(7-5-9)12(17)11-8-15-16(2)13(11)14/h4-8H,3,14H2,1-2H3. The topological polar surface area (TPSA) is 60.9 Å². The molecule has 0 amide bonds. The number of ketones is 1. The minimum Gasteiger partial charge on any atom is -0.383 e. The number of rotatable bonds is 3. The van der Waals surface area contributed by atoms with E-state index in [1.54, 1.807) is 7.05 Å². The molecule has 4 heteroatoms. The smallest absolute Gasteiger partial charge is 0.198 e. The molecular formula is C13H15N3O. The van der Waals surface area contributed by atoms with Crippen LogP contribution in [0.25, 0.3) is 0 Å². The molecule has 0 bridgehead atoms. The average molecular weight is 229 g/mol. The third-order valence-electron chi connectivity index (χ3n) is 2.85. The molecule has 1 aromatic heterocycles. The lowest BCUT2D eigenvalue weighted by Gasteiger charge is -2.02. The van der Waals surface area contributed by atoms with Crippen LogP contribution in [0, 0.1) is 0 Å². The van der Waals surface area contributed by atoms with E-state index in [1.807, 2.05) is 24.3 Å². The van der Waals surface area contributed by atoms with E-state index in [0.29, 0.717) is 16.9 Å². The zero-order valence-corrected chi connectivity index (χ0v) is 9.97. The van der Waals surface area contributed by atoms with Gasteiger partial charge in [-0.3, -0.25) is 9.48 Å². The van der Waals surface area contributed by atoms with Crippen LogP contribution >= 0.6 is 0 Å². The lowest BCUT2D eigenvalue weighted by molar-refractivity contribution is 0.103. The minimum atomic E-state index is -0.0850. The van der Waals surface area contributed by atoms with Crippen molar-refractivity contribution in [2.45, 2.75) is 13.3 Å². The van der Waals surface area contributed by atoms with Crippen molar-refractivity contribution in [2.24, 2.45) is 7.05 Å². The van der Waals surface area contributed by atoms with Gasteiger partial charge >= 0.3 is 0 Å². The molecule has 0 unspecified atom stereocenters. The quantitative estimate of drug-likeness (QED) is 0.816. The van der Waals surface area contributed by atoms with Crippen molar-refractivity contribution in [1.82, 2.24) is 9.78 Å². The van der Waals surface area contributed by atoms with Crippen molar-refractivity contribution in [3.63, 3.8) is 0 Å². The molecule has 2 rings (SSSR count). The van der Waals surface area contributed by atoms with Gasteiger partial charge in [-0.15, -0.1) is 0 Å². The van der Waals surface area contributed by atoms with Crippen LogP contribution in [-0.2, 0) is 13.5 Å². The van der Waals surface area contributed by atoms with E-state index in [4.69, 9.17) is 5.73 Å². The van der Waals surface area contributed by atoms with Crippen molar-refractivity contribution in [3.8, 4) is 0 Å². The van der Waals surface area contributed by atoms with E-state index in [-0.39, 0.29) is 5.78 Å². The Morgan fingerprint density at radius 3 is 2.47 bits per heavy atom. The molecule has 17 heavy (non-hydrogen) atoms. The SMILES string of the molecule is CCc1ccc(C(=O)c2cnn(C)c2N)cc1. The molecule has 0 aliphatic carbocycles. The maximum Gasteiger partial charge on any atom is 0.198 e. The first-order valence-corrected chi connectivity index (χ1v) is 5.54. The molecule has 0 fully saturated rings. The zero-order chi connectivity index (χ0) is 12.4. The first kappa shape index (κ1) is 11.4. The fraction of sp³-hybridized carbons (Fsp3) is 0.231. The van der Waals surface area contributed by atoms with Crippen molar-refractivity contribution >= 4 is 11.6 Å². The van der Waals surface area contributed by atoms with E-state index < -0.39 is 0 Å². The second-order valence-corrected chi connectivity index (χ2v) is 3.95. The van der Waals surface area contributed by atoms with Gasteiger partial charge in [-0.2, -0.15) is 5.10 Å². The predicted octanol–water partition coefficient (Wildman–Crippen LogP) is 1.80. The molecule has 88 valence electrons. The van der Waals surface area contributed by atoms with Crippen LogP contribution < -0.4 is 5.73 Å². The Morgan fingerprint density at radius 1 is 1.35 bits per heavy atom. The van der Waals surface area contributed by atoms with Crippen LogP contribution in [0.4, 0.5) is 5.82 Å². The number of nitrogen functional groups attached to an aromatic ring is 1. The van der Waals surface area contributed by atoms with Crippen LogP contribution in [0.5, 0.6) is 0 Å². The molecule has 1 heterocycles. The molecule has 0 radical (unpaired) electrons. The largest absolute Gasteiger partial charge is 0.383 e. The molecule has 2 N–H and O–H groups in total. The summed E-state index contributed by atoms with van der Waals surface area (Å²) in [5.74, 6) is 0.313. The number of hydrogen-bond acceptors (Lipinski definition) is 3. The van der Waals surface area contributed by atoms with Gasteiger partial charge in [-0.25, -0.2) is 0 Å². The highest BCUT2D eigenvalue weighted by Gasteiger charge is 2.15. The fourth-order valence-corrected chi connectivity index (χ4v) is 1.67. The molecule has 1 aromatic carbocycles. The van der Waals surface area contributed by atoms with Gasteiger partial charge in [0, 0.05) is 12.6 Å². The lowest BCUT2D eigenvalue weighted by atomic mass is 10.0. The highest BCUT2D eigenvalue weighted by Crippen LogP contribution is 2.16. The summed E-state index contributed by atoms with van der Waals surface area (Å²) in [7, 11) is 1.71. The summed E-state index contributed by atoms with van der Waals surface area (Å²) >= 11 is 0. The highest BCUT2D eigenvalue weighted by atomic mass is 16.1. The molecule has 0 saturated carbocycles. The third-order valence-corrected chi connectivity index (χ3v) is 2.85. The Labute approximate surface area is 100 Å². The number of nitrogens with zero attached hydrogens (tertiary/aromatic N) is 2. The molecule has 2 aromatic rings. The van der Waals surface area contributed by atoms with Gasteiger partial charge < -0.3 is 5.73 Å². The Balaban J connectivity index is 2.33. The third kappa shape index (κ3) is 2.06. The Kier molecular flexibility index (Phi) is 2.95. The Hall–Kier alpha value is -2.10. The molecule has 0 atom stereocenters. The second kappa shape index (κ2) is 4.41. The van der Waals surface area contributed by atoms with Gasteiger partial charge in [0.15, 0.2) is 5.78 Å². The molecule has 4 nitrogen and oxygen atoms in total. The second-order valence-electron chi connectivity index (χ2n) is 3.95. The molecule has 0 spiro atoms. The van der Waals surface area contributed by atoms with E-state index in [2.05, 4.69) is 12.0 Å². The number of carbonyl (C=O) groups excluding carboxylic acids is 1. The summed E-state index contributed by atoms with van der Waals surface area (Å²) in [4.78, 5) is 12.1. The van der Waals surface area contributed by atoms with Gasteiger partial charge in [-0.1, -0.05) is 31.2 Å². The van der Waals surface area contributed by atoms with Gasteiger partial charge in [-0.05, 0) is 12.0 Å². The van der Waals surface area contributed by atoms with Crippen LogP contribution in [0.15, 0.2) is 30.5 Å². The van der Waals surface area contributed by atoms with Gasteiger partial charge in [0.1, 0.15) is 5.82 Å². The van der Waals surface area contributed by atoms with Gasteiger partial charge in [0.2, 0.25) is 0 Å². The van der Waals surface area contributed by atoms with E-state index >= 15 is 0 Å². The molecular weight excluding hydrogens is 214 g/mol. The van der Waals surface area contributed by atoms with E-state index in [1.165, 1.54) is 16.4 Å². The van der Waals surface area contributed by atoms with Crippen molar-refractivity contribution < 1.29 is 4.79 Å². The zero-order valence-electron chi connectivity index (χ0n) is 9.97. The van der Waals surface area contributed by atoms with Crippen molar-refractivity contribution in [3.05, 3.63) is 47.2 Å². The van der Waals surface area contributed by atoms with E-state index in [9.17, 15) is 4.79 Å². The van der Waals surface area contributed by atoms with Crippen LogP contribution in [-0.4, -0.2) is 15.6 Å². The van der Waals surface area contributed by atoms with Crippen LogP contribution in [0.3, 0.4) is 0 Å². The number of hydrogen-bond donors (Lipinski definition) is 1. The summed E-state index contributed by atoms with van der Waals surface area (Å²) in [5, 5.41) is 3.97. The molecule has 0 aliphatic rings. The highest BCUT2D eigenvalue weighted by molar-refractivity contribution is 6.11. The molecule has 0 saturated heterocycles. The summed E-state index contributed by atoms with van der Waals surface area (Å²) in [6.45, 7) is 2.08. The van der Waals surface area contributed by atoms with Crippen LogP contribution in [0.1, 0.15) is 28.4 Å². The number of carbonyl (C=O) groups is 1. The summed E-state index contributed by atoms with van der Waals surface area (Å²) < 4.78 is 1.49. The summed E-state index contributed by atoms with van der Waals surface area (Å²) in [6, 6.07) is 7.57. The number of benzene rings is 1. The van der Waals surface area contributed by atoms with Gasteiger partial charge in [0.25, 0.3) is 0 Å². The first-order valence-electron chi connectivity index (χ1n) is 5.54. The minimum absolute atomic E-state index is 0.0850. The number of aromatic nitrogens is 2. The predicted molar refractivity (Wildman–Crippen MR) is 66.9 cm³/mol. The van der Waals surface area contributed by atoms with Crippen molar-refractivity contribution in [1.29, 1.82) is 0 Å². The monoisotopic (exact) mass is 229 g/mol. The van der Waals surface area contributed by atoms with Crippen LogP contribution in [0.2, 0.25) is 0 Å². The fourth-order valence-electron chi connectivity index (χ4n) is 1.67. The number of anilines is 1. The van der Waals surface area contributed by atoms with Crippen molar-refractivity contribution in [2.75, 3.05) is 5.73 Å².